The van der Waals surface area contributed by atoms with Crippen molar-refractivity contribution in [2.75, 3.05) is 14.2 Å². The van der Waals surface area contributed by atoms with E-state index in [1.807, 2.05) is 0 Å². The average Bonchev–Trinajstić information content (AvgIpc) is 2.86. The summed E-state index contributed by atoms with van der Waals surface area (Å²) >= 11 is 0. The number of carbonyl (C=O) groups excluding carboxylic acids is 1. The van der Waals surface area contributed by atoms with Gasteiger partial charge in [-0.2, -0.15) is 5.10 Å². The van der Waals surface area contributed by atoms with Crippen LogP contribution in [0.3, 0.4) is 0 Å². The predicted octanol–water partition coefficient (Wildman–Crippen LogP) is 0.721. The number of hydrogen-bond acceptors (Lipinski definition) is 5. The normalized spacial score (nSPS) is 10.7. The molecule has 0 spiro atoms. The van der Waals surface area contributed by atoms with Crippen molar-refractivity contribution >= 4 is 12.1 Å². The highest BCUT2D eigenvalue weighted by molar-refractivity contribution is 5.86. The molecule has 0 aliphatic heterocycles. The van der Waals surface area contributed by atoms with E-state index in [2.05, 4.69) is 20.7 Å². The molecule has 1 aromatic carbocycles. The number of nitrogens with zero attached hydrogens (tertiary/aromatic N) is 1. The summed E-state index contributed by atoms with van der Waals surface area (Å²) in [6.45, 7) is 1.71. The molecule has 23 heavy (non-hydrogen) atoms. The van der Waals surface area contributed by atoms with Gasteiger partial charge in [-0.1, -0.05) is 6.07 Å². The smallest absolute Gasteiger partial charge is 0.267 e. The van der Waals surface area contributed by atoms with Crippen molar-refractivity contribution < 1.29 is 14.3 Å². The second-order valence-electron chi connectivity index (χ2n) is 4.74. The van der Waals surface area contributed by atoms with Gasteiger partial charge in [0, 0.05) is 16.8 Å². The summed E-state index contributed by atoms with van der Waals surface area (Å²) < 4.78 is 10.4. The van der Waals surface area contributed by atoms with Gasteiger partial charge in [0.1, 0.15) is 0 Å². The largest absolute Gasteiger partial charge is 0.493 e. The summed E-state index contributed by atoms with van der Waals surface area (Å²) in [6.07, 6.45) is 1.39. The molecular formula is C15H18N4O4. The lowest BCUT2D eigenvalue weighted by molar-refractivity contribution is -0.120. The molecule has 8 nitrogen and oxygen atoms in total. The molecule has 0 bridgehead atoms. The first-order valence-corrected chi connectivity index (χ1v) is 6.85. The zero-order valence-corrected chi connectivity index (χ0v) is 13.1. The van der Waals surface area contributed by atoms with Crippen molar-refractivity contribution in [3.63, 3.8) is 0 Å². The maximum absolute atomic E-state index is 11.8. The molecule has 0 aliphatic rings. The number of para-hydroxylation sites is 1. The van der Waals surface area contributed by atoms with E-state index in [4.69, 9.17) is 9.47 Å². The van der Waals surface area contributed by atoms with Gasteiger partial charge < -0.3 is 14.6 Å². The van der Waals surface area contributed by atoms with Gasteiger partial charge in [-0.05, 0) is 19.1 Å². The number of rotatable bonds is 6. The van der Waals surface area contributed by atoms with Gasteiger partial charge in [0.2, 0.25) is 5.91 Å². The van der Waals surface area contributed by atoms with Crippen LogP contribution in [0.5, 0.6) is 11.5 Å². The third-order valence-corrected chi connectivity index (χ3v) is 3.25. The zero-order valence-electron chi connectivity index (χ0n) is 13.1. The van der Waals surface area contributed by atoms with E-state index in [1.165, 1.54) is 20.4 Å². The molecule has 2 aromatic rings. The van der Waals surface area contributed by atoms with Gasteiger partial charge in [0.05, 0.1) is 26.9 Å². The molecule has 0 saturated heterocycles. The van der Waals surface area contributed by atoms with Crippen molar-refractivity contribution in [3.8, 4) is 11.5 Å². The van der Waals surface area contributed by atoms with Crippen LogP contribution in [0.2, 0.25) is 0 Å². The molecule has 0 aliphatic carbocycles. The third kappa shape index (κ3) is 3.79. The second-order valence-corrected chi connectivity index (χ2v) is 4.74. The van der Waals surface area contributed by atoms with Crippen molar-refractivity contribution in [1.29, 1.82) is 0 Å². The summed E-state index contributed by atoms with van der Waals surface area (Å²) in [5.41, 5.74) is 3.74. The number of aryl methyl sites for hydroxylation is 1. The van der Waals surface area contributed by atoms with Crippen LogP contribution >= 0.6 is 0 Å². The number of H-pyrrole nitrogens is 2. The van der Waals surface area contributed by atoms with Crippen molar-refractivity contribution in [1.82, 2.24) is 15.6 Å². The van der Waals surface area contributed by atoms with E-state index >= 15 is 0 Å². The minimum Gasteiger partial charge on any atom is -0.493 e. The van der Waals surface area contributed by atoms with Crippen molar-refractivity contribution in [2.24, 2.45) is 5.10 Å². The maximum atomic E-state index is 11.8. The Balaban J connectivity index is 2.05. The Kier molecular flexibility index (Phi) is 5.19. The summed E-state index contributed by atoms with van der Waals surface area (Å²) in [5.74, 6) is 0.694. The Labute approximate surface area is 132 Å². The number of hydrogen-bond donors (Lipinski definition) is 3. The molecule has 0 fully saturated rings. The first kappa shape index (κ1) is 16.3. The van der Waals surface area contributed by atoms with Crippen LogP contribution < -0.4 is 20.5 Å². The number of aromatic nitrogens is 2. The summed E-state index contributed by atoms with van der Waals surface area (Å²) in [7, 11) is 3.06. The number of methoxy groups -OCH3 is 2. The Hall–Kier alpha value is -3.03. The molecule has 8 heteroatoms. The molecule has 122 valence electrons. The fourth-order valence-corrected chi connectivity index (χ4v) is 2.07. The topological polar surface area (TPSA) is 109 Å². The number of ether oxygens (including phenoxy) is 2. The summed E-state index contributed by atoms with van der Waals surface area (Å²) in [4.78, 5) is 23.3. The van der Waals surface area contributed by atoms with Crippen molar-refractivity contribution in [3.05, 3.63) is 45.4 Å². The fraction of sp³-hybridized carbons (Fsp3) is 0.267. The third-order valence-electron chi connectivity index (χ3n) is 3.25. The summed E-state index contributed by atoms with van der Waals surface area (Å²) in [5, 5.41) is 8.97. The Morgan fingerprint density at radius 2 is 2.09 bits per heavy atom. The highest BCUT2D eigenvalue weighted by Crippen LogP contribution is 2.29. The fourth-order valence-electron chi connectivity index (χ4n) is 2.07. The Morgan fingerprint density at radius 3 is 2.70 bits per heavy atom. The SMILES string of the molecule is COc1cccc(/C=N/NC(=O)Cc2c(C)[nH][nH]c2=O)c1OC. The lowest BCUT2D eigenvalue weighted by Crippen LogP contribution is -2.23. The summed E-state index contributed by atoms with van der Waals surface area (Å²) in [6, 6.07) is 5.32. The second kappa shape index (κ2) is 7.30. The van der Waals surface area contributed by atoms with Crippen LogP contribution in [0, 0.1) is 6.92 Å². The molecule has 2 rings (SSSR count). The molecule has 0 radical (unpaired) electrons. The van der Waals surface area contributed by atoms with E-state index in [0.29, 0.717) is 28.3 Å². The van der Waals surface area contributed by atoms with Crippen LogP contribution in [-0.4, -0.2) is 36.5 Å². The molecule has 0 atom stereocenters. The number of nitrogens with one attached hydrogen (secondary N) is 3. The lowest BCUT2D eigenvalue weighted by atomic mass is 10.2. The standard InChI is InChI=1S/C15H18N4O4/c1-9-11(15(21)19-17-9)7-13(20)18-16-8-10-5-4-6-12(22-2)14(10)23-3/h4-6,8H,7H2,1-3H3,(H,18,20)(H2,17,19,21)/b16-8+. The molecule has 1 amide bonds. The van der Waals surface area contributed by atoms with Crippen LogP contribution in [-0.2, 0) is 11.2 Å². The zero-order chi connectivity index (χ0) is 16.8. The lowest BCUT2D eigenvalue weighted by Gasteiger charge is -2.09. The highest BCUT2D eigenvalue weighted by Gasteiger charge is 2.11. The van der Waals surface area contributed by atoms with E-state index in [9.17, 15) is 9.59 Å². The Bertz CT molecular complexity index is 776. The van der Waals surface area contributed by atoms with Crippen LogP contribution in [0.15, 0.2) is 28.1 Å². The first-order chi connectivity index (χ1) is 11.1. The van der Waals surface area contributed by atoms with Gasteiger partial charge >= 0.3 is 0 Å². The molecule has 1 heterocycles. The number of hydrazone groups is 1. The molecular weight excluding hydrogens is 300 g/mol. The highest BCUT2D eigenvalue weighted by atomic mass is 16.5. The van der Waals surface area contributed by atoms with Gasteiger partial charge in [-0.25, -0.2) is 5.43 Å². The van der Waals surface area contributed by atoms with E-state index < -0.39 is 5.91 Å². The van der Waals surface area contributed by atoms with E-state index in [1.54, 1.807) is 25.1 Å². The quantitative estimate of drug-likeness (QED) is 0.538. The van der Waals surface area contributed by atoms with Gasteiger partial charge in [-0.15, -0.1) is 0 Å². The molecule has 3 N–H and O–H groups in total. The van der Waals surface area contributed by atoms with Gasteiger partial charge in [0.15, 0.2) is 11.5 Å². The minimum atomic E-state index is -0.392. The average molecular weight is 318 g/mol. The monoisotopic (exact) mass is 318 g/mol. The van der Waals surface area contributed by atoms with E-state index in [-0.39, 0.29) is 12.0 Å². The van der Waals surface area contributed by atoms with Crippen LogP contribution in [0.1, 0.15) is 16.8 Å². The van der Waals surface area contributed by atoms with Gasteiger partial charge in [0.25, 0.3) is 5.56 Å². The van der Waals surface area contributed by atoms with E-state index in [0.717, 1.165) is 0 Å². The molecule has 1 aromatic heterocycles. The maximum Gasteiger partial charge on any atom is 0.267 e. The van der Waals surface area contributed by atoms with Crippen LogP contribution in [0.4, 0.5) is 0 Å². The first-order valence-electron chi connectivity index (χ1n) is 6.85. The minimum absolute atomic E-state index is 0.0583. The number of benzene rings is 1. The van der Waals surface area contributed by atoms with Gasteiger partial charge in [-0.3, -0.25) is 14.7 Å². The molecule has 0 unspecified atom stereocenters. The Morgan fingerprint density at radius 1 is 1.30 bits per heavy atom. The van der Waals surface area contributed by atoms with Crippen LogP contribution in [0.25, 0.3) is 0 Å². The number of aromatic amines is 2. The number of amides is 1. The number of carbonyl (C=O) groups is 1. The van der Waals surface area contributed by atoms with Crippen molar-refractivity contribution in [2.45, 2.75) is 13.3 Å². The predicted molar refractivity (Wildman–Crippen MR) is 85.1 cm³/mol. The molecule has 0 saturated carbocycles.